The van der Waals surface area contributed by atoms with Gasteiger partial charge in [0.05, 0.1) is 0 Å². The number of hydrogen-bond donors (Lipinski definition) is 2. The summed E-state index contributed by atoms with van der Waals surface area (Å²) in [5.41, 5.74) is 0. The van der Waals surface area contributed by atoms with Crippen LogP contribution in [-0.4, -0.2) is 66.7 Å². The standard InChI is InChI=1S/C12H23N3O3/c1-14(2)8-4-3-7-13-12(18)15-9-5-6-10(15)11(16)17/h10H,3-9H2,1-2H3,(H,13,18)(H,16,17)/t10-/m1/s1. The largest absolute Gasteiger partial charge is 0.480 e. The third kappa shape index (κ3) is 4.52. The molecule has 1 atom stereocenters. The summed E-state index contributed by atoms with van der Waals surface area (Å²) in [6.07, 6.45) is 3.26. The van der Waals surface area contributed by atoms with Crippen molar-refractivity contribution in [2.45, 2.75) is 31.7 Å². The van der Waals surface area contributed by atoms with Crippen LogP contribution < -0.4 is 5.32 Å². The molecule has 1 aliphatic rings. The number of hydrogen-bond acceptors (Lipinski definition) is 3. The number of nitrogens with zero attached hydrogens (tertiary/aromatic N) is 2. The molecular weight excluding hydrogens is 234 g/mol. The first-order valence-electron chi connectivity index (χ1n) is 6.44. The van der Waals surface area contributed by atoms with E-state index in [-0.39, 0.29) is 6.03 Å². The molecule has 2 amide bonds. The highest BCUT2D eigenvalue weighted by atomic mass is 16.4. The van der Waals surface area contributed by atoms with Gasteiger partial charge in [0.15, 0.2) is 0 Å². The second-order valence-corrected chi connectivity index (χ2v) is 4.93. The van der Waals surface area contributed by atoms with Gasteiger partial charge in [0, 0.05) is 13.1 Å². The fourth-order valence-electron chi connectivity index (χ4n) is 2.12. The number of likely N-dealkylation sites (tertiary alicyclic amines) is 1. The van der Waals surface area contributed by atoms with Gasteiger partial charge >= 0.3 is 12.0 Å². The molecule has 104 valence electrons. The Kier molecular flexibility index (Phi) is 5.91. The minimum atomic E-state index is -0.907. The van der Waals surface area contributed by atoms with E-state index in [0.717, 1.165) is 25.8 Å². The van der Waals surface area contributed by atoms with Gasteiger partial charge in [-0.25, -0.2) is 9.59 Å². The summed E-state index contributed by atoms with van der Waals surface area (Å²) < 4.78 is 0. The van der Waals surface area contributed by atoms with E-state index in [2.05, 4.69) is 10.2 Å². The third-order valence-corrected chi connectivity index (χ3v) is 3.11. The summed E-state index contributed by atoms with van der Waals surface area (Å²) in [4.78, 5) is 26.3. The Bertz CT molecular complexity index is 294. The van der Waals surface area contributed by atoms with Crippen LogP contribution in [0.5, 0.6) is 0 Å². The quantitative estimate of drug-likeness (QED) is 0.683. The summed E-state index contributed by atoms with van der Waals surface area (Å²) in [7, 11) is 4.03. The lowest BCUT2D eigenvalue weighted by atomic mass is 10.2. The van der Waals surface area contributed by atoms with E-state index in [1.807, 2.05) is 14.1 Å². The van der Waals surface area contributed by atoms with Crippen molar-refractivity contribution in [1.29, 1.82) is 0 Å². The maximum Gasteiger partial charge on any atom is 0.326 e. The van der Waals surface area contributed by atoms with Crippen molar-refractivity contribution >= 4 is 12.0 Å². The predicted molar refractivity (Wildman–Crippen MR) is 68.6 cm³/mol. The zero-order chi connectivity index (χ0) is 13.5. The smallest absolute Gasteiger partial charge is 0.326 e. The first-order valence-corrected chi connectivity index (χ1v) is 6.44. The second kappa shape index (κ2) is 7.20. The fraction of sp³-hybridized carbons (Fsp3) is 0.833. The third-order valence-electron chi connectivity index (χ3n) is 3.11. The van der Waals surface area contributed by atoms with Crippen molar-refractivity contribution < 1.29 is 14.7 Å². The lowest BCUT2D eigenvalue weighted by molar-refractivity contribution is -0.141. The normalized spacial score (nSPS) is 19.3. The van der Waals surface area contributed by atoms with Crippen LogP contribution in [0.3, 0.4) is 0 Å². The van der Waals surface area contributed by atoms with E-state index in [9.17, 15) is 9.59 Å². The Morgan fingerprint density at radius 2 is 2.11 bits per heavy atom. The number of unbranched alkanes of at least 4 members (excludes halogenated alkanes) is 1. The fourth-order valence-corrected chi connectivity index (χ4v) is 2.12. The molecule has 6 nitrogen and oxygen atoms in total. The van der Waals surface area contributed by atoms with E-state index in [1.165, 1.54) is 4.90 Å². The van der Waals surface area contributed by atoms with Gasteiger partial charge in [-0.1, -0.05) is 0 Å². The SMILES string of the molecule is CN(C)CCCCNC(=O)N1CCC[C@@H]1C(=O)O. The van der Waals surface area contributed by atoms with Gasteiger partial charge in [-0.2, -0.15) is 0 Å². The molecule has 0 aliphatic carbocycles. The molecule has 0 saturated carbocycles. The monoisotopic (exact) mass is 257 g/mol. The summed E-state index contributed by atoms with van der Waals surface area (Å²) >= 11 is 0. The van der Waals surface area contributed by atoms with Crippen LogP contribution in [0.2, 0.25) is 0 Å². The maximum atomic E-state index is 11.8. The van der Waals surface area contributed by atoms with Gasteiger partial charge in [-0.3, -0.25) is 0 Å². The van der Waals surface area contributed by atoms with Gasteiger partial charge in [0.2, 0.25) is 0 Å². The van der Waals surface area contributed by atoms with Crippen LogP contribution in [0.1, 0.15) is 25.7 Å². The maximum absolute atomic E-state index is 11.8. The molecule has 18 heavy (non-hydrogen) atoms. The van der Waals surface area contributed by atoms with E-state index in [1.54, 1.807) is 0 Å². The molecule has 0 radical (unpaired) electrons. The zero-order valence-electron chi connectivity index (χ0n) is 11.2. The number of carboxylic acid groups (broad SMARTS) is 1. The number of carboxylic acids is 1. The number of carbonyl (C=O) groups excluding carboxylic acids is 1. The van der Waals surface area contributed by atoms with Gasteiger partial charge in [0.25, 0.3) is 0 Å². The topological polar surface area (TPSA) is 72.9 Å². The zero-order valence-corrected chi connectivity index (χ0v) is 11.2. The summed E-state index contributed by atoms with van der Waals surface area (Å²) in [5.74, 6) is -0.907. The van der Waals surface area contributed by atoms with E-state index >= 15 is 0 Å². The van der Waals surface area contributed by atoms with Crippen LogP contribution in [0.25, 0.3) is 0 Å². The van der Waals surface area contributed by atoms with Crippen molar-refractivity contribution in [3.05, 3.63) is 0 Å². The first-order chi connectivity index (χ1) is 8.52. The van der Waals surface area contributed by atoms with Crippen molar-refractivity contribution in [3.63, 3.8) is 0 Å². The van der Waals surface area contributed by atoms with Gasteiger partial charge in [0.1, 0.15) is 6.04 Å². The number of nitrogens with one attached hydrogen (secondary N) is 1. The second-order valence-electron chi connectivity index (χ2n) is 4.93. The van der Waals surface area contributed by atoms with Gasteiger partial charge < -0.3 is 20.2 Å². The molecule has 1 saturated heterocycles. The van der Waals surface area contributed by atoms with Crippen molar-refractivity contribution in [2.75, 3.05) is 33.7 Å². The van der Waals surface area contributed by atoms with Crippen molar-refractivity contribution in [2.24, 2.45) is 0 Å². The van der Waals surface area contributed by atoms with Crippen LogP contribution in [0.4, 0.5) is 4.79 Å². The first kappa shape index (κ1) is 14.8. The van der Waals surface area contributed by atoms with Gasteiger partial charge in [-0.15, -0.1) is 0 Å². The average molecular weight is 257 g/mol. The molecular formula is C12H23N3O3. The molecule has 6 heteroatoms. The minimum absolute atomic E-state index is 0.246. The minimum Gasteiger partial charge on any atom is -0.480 e. The Morgan fingerprint density at radius 1 is 1.39 bits per heavy atom. The molecule has 0 aromatic carbocycles. The molecule has 0 spiro atoms. The van der Waals surface area contributed by atoms with E-state index in [0.29, 0.717) is 19.5 Å². The summed E-state index contributed by atoms with van der Waals surface area (Å²) in [5, 5.41) is 11.8. The highest BCUT2D eigenvalue weighted by Gasteiger charge is 2.33. The van der Waals surface area contributed by atoms with Crippen LogP contribution in [0.15, 0.2) is 0 Å². The molecule has 2 N–H and O–H groups in total. The lowest BCUT2D eigenvalue weighted by Crippen LogP contribution is -2.46. The van der Waals surface area contributed by atoms with Crippen molar-refractivity contribution in [1.82, 2.24) is 15.1 Å². The highest BCUT2D eigenvalue weighted by molar-refractivity contribution is 5.83. The Hall–Kier alpha value is -1.30. The molecule has 1 heterocycles. The molecule has 0 aromatic rings. The number of amides is 2. The van der Waals surface area contributed by atoms with Crippen LogP contribution >= 0.6 is 0 Å². The molecule has 0 unspecified atom stereocenters. The Labute approximate surface area is 108 Å². The summed E-state index contributed by atoms with van der Waals surface area (Å²) in [6, 6.07) is -0.892. The molecule has 0 bridgehead atoms. The number of rotatable bonds is 6. The van der Waals surface area contributed by atoms with E-state index in [4.69, 9.17) is 5.11 Å². The number of aliphatic carboxylic acids is 1. The predicted octanol–water partition coefficient (Wildman–Crippen LogP) is 0.587. The Morgan fingerprint density at radius 3 is 2.72 bits per heavy atom. The molecule has 1 fully saturated rings. The molecule has 1 aliphatic heterocycles. The van der Waals surface area contributed by atoms with Gasteiger partial charge in [-0.05, 0) is 46.3 Å². The average Bonchev–Trinajstić information content (AvgIpc) is 2.76. The molecule has 1 rings (SSSR count). The number of urea groups is 1. The summed E-state index contributed by atoms with van der Waals surface area (Å²) in [6.45, 7) is 2.15. The van der Waals surface area contributed by atoms with Crippen LogP contribution in [0, 0.1) is 0 Å². The number of carbonyl (C=O) groups is 2. The molecule has 0 aromatic heterocycles. The Balaban J connectivity index is 2.22. The van der Waals surface area contributed by atoms with Crippen LogP contribution in [-0.2, 0) is 4.79 Å². The van der Waals surface area contributed by atoms with E-state index < -0.39 is 12.0 Å². The lowest BCUT2D eigenvalue weighted by Gasteiger charge is -2.21. The van der Waals surface area contributed by atoms with Crippen molar-refractivity contribution in [3.8, 4) is 0 Å². The highest BCUT2D eigenvalue weighted by Crippen LogP contribution is 2.17.